The van der Waals surface area contributed by atoms with Gasteiger partial charge in [0.15, 0.2) is 0 Å². The monoisotopic (exact) mass is 298 g/mol. The first-order valence-electron chi connectivity index (χ1n) is 4.95. The number of nitro benzene ring substituents is 1. The van der Waals surface area contributed by atoms with Crippen molar-refractivity contribution in [1.82, 2.24) is 0 Å². The van der Waals surface area contributed by atoms with Gasteiger partial charge in [0, 0.05) is 41.2 Å². The summed E-state index contributed by atoms with van der Waals surface area (Å²) in [4.78, 5) is 9.45. The van der Waals surface area contributed by atoms with E-state index in [9.17, 15) is 18.5 Å². The van der Waals surface area contributed by atoms with E-state index >= 15 is 0 Å². The van der Waals surface area contributed by atoms with Gasteiger partial charge in [0.25, 0.3) is 14.7 Å². The zero-order chi connectivity index (χ0) is 14.5. The molecule has 6 nitrogen and oxygen atoms in total. The summed E-state index contributed by atoms with van der Waals surface area (Å²) >= 11 is 0. The van der Waals surface area contributed by atoms with Crippen LogP contribution in [0.25, 0.3) is 0 Å². The molecule has 0 heterocycles. The van der Waals surface area contributed by atoms with Crippen LogP contribution in [0.4, 0.5) is 5.69 Å². The summed E-state index contributed by atoms with van der Waals surface area (Å²) < 4.78 is 22.7. The largest absolute Gasteiger partial charge is 0.270 e. The van der Waals surface area contributed by atoms with Crippen LogP contribution in [0.15, 0.2) is 23.1 Å². The van der Waals surface area contributed by atoms with Crippen LogP contribution in [0, 0.1) is 33.3 Å². The molecule has 0 saturated carbocycles. The summed E-state index contributed by atoms with van der Waals surface area (Å²) in [5.74, 6) is 5.13. The van der Waals surface area contributed by atoms with E-state index in [4.69, 9.17) is 15.9 Å². The Morgan fingerprint density at radius 2 is 2.05 bits per heavy atom. The third kappa shape index (κ3) is 4.25. The normalized spacial score (nSPS) is 10.1. The van der Waals surface area contributed by atoms with Crippen molar-refractivity contribution < 1.29 is 13.3 Å². The Morgan fingerprint density at radius 3 is 2.58 bits per heavy atom. The number of nitro groups is 1. The second-order valence-electron chi connectivity index (χ2n) is 3.34. The molecule has 1 aromatic carbocycles. The topological polar surface area (TPSA) is 101 Å². The SMILES string of the molecule is N#CCCC#Cc1ccc([N+](=O)[O-])cc1S(=O)(=O)Cl. The van der Waals surface area contributed by atoms with Crippen LogP contribution in [-0.4, -0.2) is 13.3 Å². The van der Waals surface area contributed by atoms with Crippen molar-refractivity contribution in [1.29, 1.82) is 5.26 Å². The lowest BCUT2D eigenvalue weighted by Gasteiger charge is -2.00. The fourth-order valence-corrected chi connectivity index (χ4v) is 2.23. The van der Waals surface area contributed by atoms with Gasteiger partial charge in [-0.3, -0.25) is 10.1 Å². The lowest BCUT2D eigenvalue weighted by atomic mass is 10.2. The number of nitrogens with zero attached hydrogens (tertiary/aromatic N) is 2. The van der Waals surface area contributed by atoms with E-state index in [1.54, 1.807) is 0 Å². The number of halogens is 1. The van der Waals surface area contributed by atoms with Crippen LogP contribution in [0.5, 0.6) is 0 Å². The number of unbranched alkanes of at least 4 members (excludes halogenated alkanes) is 1. The third-order valence-corrected chi connectivity index (χ3v) is 3.39. The molecule has 0 amide bonds. The molecule has 0 aliphatic carbocycles. The van der Waals surface area contributed by atoms with E-state index in [1.165, 1.54) is 6.07 Å². The molecule has 8 heteroatoms. The Balaban J connectivity index is 3.28. The molecule has 0 fully saturated rings. The minimum Gasteiger partial charge on any atom is -0.258 e. The van der Waals surface area contributed by atoms with Crippen LogP contribution in [-0.2, 0) is 9.05 Å². The minimum atomic E-state index is -4.13. The highest BCUT2D eigenvalue weighted by Crippen LogP contribution is 2.24. The first-order chi connectivity index (χ1) is 8.86. The average molecular weight is 299 g/mol. The summed E-state index contributed by atoms with van der Waals surface area (Å²) in [6.07, 6.45) is 0.484. The number of non-ortho nitro benzene ring substituents is 1. The number of hydrogen-bond donors (Lipinski definition) is 0. The van der Waals surface area contributed by atoms with Gasteiger partial charge in [-0.15, -0.1) is 0 Å². The first kappa shape index (κ1) is 15.0. The molecule has 0 aliphatic heterocycles. The molecule has 0 spiro atoms. The Morgan fingerprint density at radius 1 is 1.37 bits per heavy atom. The fraction of sp³-hybridized carbons (Fsp3) is 0.182. The van der Waals surface area contributed by atoms with Gasteiger partial charge >= 0.3 is 0 Å². The lowest BCUT2D eigenvalue weighted by Crippen LogP contribution is -1.97. The smallest absolute Gasteiger partial charge is 0.258 e. The van der Waals surface area contributed by atoms with Crippen LogP contribution < -0.4 is 0 Å². The standard InChI is InChI=1S/C11H7ClN2O4S/c12-19(17,18)11-8-10(14(15)16)6-5-9(11)4-2-1-3-7-13/h5-6,8H,1,3H2. The zero-order valence-electron chi connectivity index (χ0n) is 9.46. The highest BCUT2D eigenvalue weighted by Gasteiger charge is 2.19. The molecule has 0 unspecified atom stereocenters. The third-order valence-electron chi connectivity index (χ3n) is 2.02. The van der Waals surface area contributed by atoms with Crippen molar-refractivity contribution in [3.63, 3.8) is 0 Å². The highest BCUT2D eigenvalue weighted by molar-refractivity contribution is 8.13. The predicted molar refractivity (Wildman–Crippen MR) is 67.9 cm³/mol. The van der Waals surface area contributed by atoms with Crippen LogP contribution in [0.3, 0.4) is 0 Å². The number of rotatable bonds is 3. The van der Waals surface area contributed by atoms with Crippen molar-refractivity contribution in [2.24, 2.45) is 0 Å². The molecular formula is C11H7ClN2O4S. The van der Waals surface area contributed by atoms with Gasteiger partial charge in [0.1, 0.15) is 4.90 Å². The maximum absolute atomic E-state index is 11.3. The summed E-state index contributed by atoms with van der Waals surface area (Å²) in [6.45, 7) is 0. The molecule has 1 rings (SSSR count). The summed E-state index contributed by atoms with van der Waals surface area (Å²) in [5.41, 5.74) is -0.319. The van der Waals surface area contributed by atoms with Crippen molar-refractivity contribution in [3.05, 3.63) is 33.9 Å². The molecule has 0 radical (unpaired) electrons. The van der Waals surface area contributed by atoms with Gasteiger partial charge in [-0.1, -0.05) is 11.8 Å². The van der Waals surface area contributed by atoms with Gasteiger partial charge < -0.3 is 0 Å². The van der Waals surface area contributed by atoms with Gasteiger partial charge in [-0.2, -0.15) is 5.26 Å². The van der Waals surface area contributed by atoms with Crippen LogP contribution >= 0.6 is 10.7 Å². The molecule has 1 aromatic rings. The lowest BCUT2D eigenvalue weighted by molar-refractivity contribution is -0.385. The summed E-state index contributed by atoms with van der Waals surface area (Å²) in [6, 6.07) is 5.10. The number of nitriles is 1. The Bertz CT molecular complexity index is 710. The second kappa shape index (κ2) is 6.19. The number of benzene rings is 1. The van der Waals surface area contributed by atoms with Gasteiger partial charge in [-0.25, -0.2) is 8.42 Å². The van der Waals surface area contributed by atoms with Crippen molar-refractivity contribution in [2.75, 3.05) is 0 Å². The van der Waals surface area contributed by atoms with E-state index in [1.807, 2.05) is 6.07 Å². The van der Waals surface area contributed by atoms with Crippen molar-refractivity contribution in [3.8, 4) is 17.9 Å². The van der Waals surface area contributed by atoms with E-state index in [0.29, 0.717) is 0 Å². The van der Waals surface area contributed by atoms with E-state index in [-0.39, 0.29) is 24.1 Å². The molecule has 0 atom stereocenters. The molecule has 0 saturated heterocycles. The van der Waals surface area contributed by atoms with Crippen LogP contribution in [0.2, 0.25) is 0 Å². The zero-order valence-corrected chi connectivity index (χ0v) is 11.0. The fourth-order valence-electron chi connectivity index (χ4n) is 1.21. The average Bonchev–Trinajstić information content (AvgIpc) is 2.33. The van der Waals surface area contributed by atoms with Crippen molar-refractivity contribution >= 4 is 25.4 Å². The molecule has 19 heavy (non-hydrogen) atoms. The summed E-state index contributed by atoms with van der Waals surface area (Å²) in [5, 5.41) is 18.9. The molecule has 98 valence electrons. The van der Waals surface area contributed by atoms with Gasteiger partial charge in [-0.05, 0) is 6.07 Å². The Kier molecular flexibility index (Phi) is 4.87. The maximum Gasteiger partial charge on any atom is 0.270 e. The quantitative estimate of drug-likeness (QED) is 0.280. The molecule has 0 N–H and O–H groups in total. The van der Waals surface area contributed by atoms with Crippen LogP contribution in [0.1, 0.15) is 18.4 Å². The minimum absolute atomic E-state index is 0.0681. The molecule has 0 aliphatic rings. The Labute approximate surface area is 114 Å². The van der Waals surface area contributed by atoms with E-state index in [0.717, 1.165) is 12.1 Å². The Hall–Kier alpha value is -2.09. The van der Waals surface area contributed by atoms with Gasteiger partial charge in [0.2, 0.25) is 0 Å². The molecule has 0 aromatic heterocycles. The van der Waals surface area contributed by atoms with Gasteiger partial charge in [0.05, 0.1) is 11.0 Å². The maximum atomic E-state index is 11.3. The predicted octanol–water partition coefficient (Wildman–Crippen LogP) is 2.18. The second-order valence-corrected chi connectivity index (χ2v) is 5.87. The summed E-state index contributed by atoms with van der Waals surface area (Å²) in [7, 11) is 1.08. The van der Waals surface area contributed by atoms with E-state index in [2.05, 4.69) is 11.8 Å². The molecular weight excluding hydrogens is 292 g/mol. The molecule has 0 bridgehead atoms. The van der Waals surface area contributed by atoms with E-state index < -0.39 is 18.9 Å². The van der Waals surface area contributed by atoms with Crippen molar-refractivity contribution in [2.45, 2.75) is 17.7 Å². The highest BCUT2D eigenvalue weighted by atomic mass is 35.7. The number of hydrogen-bond acceptors (Lipinski definition) is 5. The first-order valence-corrected chi connectivity index (χ1v) is 7.26.